The molecule has 70 valence electrons. The molecule has 2 atom stereocenters. The van der Waals surface area contributed by atoms with Gasteiger partial charge in [-0.25, -0.2) is 9.59 Å². The van der Waals surface area contributed by atoms with Gasteiger partial charge in [0.25, 0.3) is 0 Å². The Morgan fingerprint density at radius 3 is 1.77 bits per heavy atom. The fourth-order valence-electron chi connectivity index (χ4n) is 1.45. The molecule has 0 N–H and O–H groups in total. The Bertz CT molecular complexity index is 221. The predicted octanol–water partition coefficient (Wildman–Crippen LogP) is 1.09. The van der Waals surface area contributed by atoms with Crippen molar-refractivity contribution in [3.05, 3.63) is 12.2 Å². The summed E-state index contributed by atoms with van der Waals surface area (Å²) in [4.78, 5) is 18.3. The zero-order valence-corrected chi connectivity index (χ0v) is 7.36. The first kappa shape index (κ1) is 9.94. The summed E-state index contributed by atoms with van der Waals surface area (Å²) in [7, 11) is 0. The maximum absolute atomic E-state index is 9.17. The predicted molar refractivity (Wildman–Crippen MR) is 47.7 cm³/mol. The van der Waals surface area contributed by atoms with E-state index in [2.05, 4.69) is 0 Å². The maximum atomic E-state index is 9.17. The lowest BCUT2D eigenvalue weighted by Gasteiger charge is -2.00. The van der Waals surface area contributed by atoms with Gasteiger partial charge in [0.2, 0.25) is 0 Å². The number of hydrogen-bond donors (Lipinski definition) is 0. The Hall–Kier alpha value is -1.14. The van der Waals surface area contributed by atoms with Crippen LogP contribution < -0.4 is 0 Å². The van der Waals surface area contributed by atoms with Gasteiger partial charge in [0.1, 0.15) is 11.9 Å². The molecule has 0 aromatic heterocycles. The zero-order valence-electron chi connectivity index (χ0n) is 7.36. The second-order valence-corrected chi connectivity index (χ2v) is 3.07. The quantitative estimate of drug-likeness (QED) is 0.345. The summed E-state index contributed by atoms with van der Waals surface area (Å²) in [5, 5.41) is 0. The summed E-state index contributed by atoms with van der Waals surface area (Å²) in [5.74, 6) is 2.75. The van der Waals surface area contributed by atoms with E-state index in [4.69, 9.17) is 4.74 Å². The first-order valence-corrected chi connectivity index (χ1v) is 4.44. The number of carbonyl (C=O) groups excluding carboxylic acids is 2. The summed E-state index contributed by atoms with van der Waals surface area (Å²) >= 11 is 0. The number of allylic oxidation sites excluding steroid dienone is 2. The average Bonchev–Trinajstić information content (AvgIpc) is 2.94. The highest BCUT2D eigenvalue weighted by molar-refractivity contribution is 5.58. The Kier molecular flexibility index (Phi) is 4.20. The third-order valence-corrected chi connectivity index (χ3v) is 2.13. The molecule has 2 unspecified atom stereocenters. The van der Waals surface area contributed by atoms with Crippen LogP contribution in [0.25, 0.3) is 0 Å². The topological polar surface area (TPSA) is 46.7 Å². The number of rotatable bonds is 1. The van der Waals surface area contributed by atoms with Crippen LogP contribution >= 0.6 is 0 Å². The van der Waals surface area contributed by atoms with Gasteiger partial charge in [-0.05, 0) is 12.8 Å². The van der Waals surface area contributed by atoms with E-state index in [-0.39, 0.29) is 0 Å². The monoisotopic (exact) mass is 180 g/mol. The Balaban J connectivity index is 0.000000133. The van der Waals surface area contributed by atoms with Crippen LogP contribution in [-0.2, 0) is 14.3 Å². The van der Waals surface area contributed by atoms with E-state index in [1.54, 1.807) is 0 Å². The Morgan fingerprint density at radius 1 is 1.00 bits per heavy atom. The van der Waals surface area contributed by atoms with Crippen molar-refractivity contribution < 1.29 is 14.3 Å². The minimum absolute atomic E-state index is 0.703. The summed E-state index contributed by atoms with van der Waals surface area (Å²) in [5.41, 5.74) is 0. The van der Waals surface area contributed by atoms with Gasteiger partial charge in [-0.15, -0.1) is 0 Å². The van der Waals surface area contributed by atoms with Crippen LogP contribution in [0.4, 0.5) is 0 Å². The van der Waals surface area contributed by atoms with E-state index in [1.807, 2.05) is 0 Å². The van der Waals surface area contributed by atoms with Crippen molar-refractivity contribution in [1.82, 2.24) is 0 Å². The molecule has 2 fully saturated rings. The van der Waals surface area contributed by atoms with E-state index in [0.29, 0.717) is 12.2 Å². The first-order chi connectivity index (χ1) is 6.38. The van der Waals surface area contributed by atoms with E-state index < -0.39 is 0 Å². The van der Waals surface area contributed by atoms with E-state index in [0.717, 1.165) is 12.2 Å². The Morgan fingerprint density at radius 2 is 1.46 bits per heavy atom. The molecule has 3 heteroatoms. The molecule has 3 nitrogen and oxygen atoms in total. The van der Waals surface area contributed by atoms with E-state index in [1.165, 1.54) is 37.6 Å². The molecule has 1 aliphatic carbocycles. The third-order valence-electron chi connectivity index (χ3n) is 2.13. The smallest absolute Gasteiger partial charge is 0.125 e. The molecule has 0 aromatic carbocycles. The molecular formula is C10H12O3. The maximum Gasteiger partial charge on any atom is 0.125 e. The van der Waals surface area contributed by atoms with Crippen molar-refractivity contribution in [3.63, 3.8) is 0 Å². The van der Waals surface area contributed by atoms with Crippen molar-refractivity contribution in [1.29, 1.82) is 0 Å². The molecule has 0 radical (unpaired) electrons. The molecule has 0 amide bonds. The second-order valence-electron chi connectivity index (χ2n) is 3.07. The van der Waals surface area contributed by atoms with Gasteiger partial charge in [0, 0.05) is 12.2 Å². The van der Waals surface area contributed by atoms with Gasteiger partial charge in [-0.2, -0.15) is 0 Å². The molecule has 13 heavy (non-hydrogen) atoms. The largest absolute Gasteiger partial charge is 0.370 e. The molecule has 1 heterocycles. The van der Waals surface area contributed by atoms with Crippen LogP contribution in [0.2, 0.25) is 0 Å². The molecule has 0 spiro atoms. The normalized spacial score (nSPS) is 28.0. The molecule has 0 bridgehead atoms. The van der Waals surface area contributed by atoms with Gasteiger partial charge in [-0.1, -0.05) is 12.8 Å². The molecule has 1 saturated carbocycles. The first-order valence-electron chi connectivity index (χ1n) is 4.44. The molecular weight excluding hydrogens is 168 g/mol. The lowest BCUT2D eigenvalue weighted by atomic mass is 10.0. The lowest BCUT2D eigenvalue weighted by molar-refractivity contribution is 0.373. The van der Waals surface area contributed by atoms with Gasteiger partial charge in [0.05, 0.1) is 12.2 Å². The fourth-order valence-corrected chi connectivity index (χ4v) is 1.45. The highest BCUT2D eigenvalue weighted by atomic mass is 16.6. The summed E-state index contributed by atoms with van der Waals surface area (Å²) in [6.07, 6.45) is 8.79. The second kappa shape index (κ2) is 5.50. The van der Waals surface area contributed by atoms with Gasteiger partial charge in [0.15, 0.2) is 0 Å². The summed E-state index contributed by atoms with van der Waals surface area (Å²) in [6, 6.07) is 0. The third kappa shape index (κ3) is 3.86. The SMILES string of the molecule is C1CCC2OC2C1.O=C=CC=C=O. The average molecular weight is 180 g/mol. The number of ether oxygens (including phenoxy) is 1. The van der Waals surface area contributed by atoms with Crippen LogP contribution in [0.3, 0.4) is 0 Å². The van der Waals surface area contributed by atoms with E-state index >= 15 is 0 Å². The van der Waals surface area contributed by atoms with Crippen LogP contribution in [0.15, 0.2) is 12.2 Å². The minimum Gasteiger partial charge on any atom is -0.370 e. The molecule has 1 saturated heterocycles. The number of hydrogen-bond acceptors (Lipinski definition) is 3. The lowest BCUT2D eigenvalue weighted by Crippen LogP contribution is -2.00. The number of epoxide rings is 1. The van der Waals surface area contributed by atoms with Crippen molar-refractivity contribution in [2.75, 3.05) is 0 Å². The minimum atomic E-state index is 0.703. The van der Waals surface area contributed by atoms with Crippen molar-refractivity contribution in [3.8, 4) is 0 Å². The highest BCUT2D eigenvalue weighted by Crippen LogP contribution is 2.35. The van der Waals surface area contributed by atoms with Gasteiger partial charge < -0.3 is 4.74 Å². The molecule has 2 aliphatic rings. The molecule has 0 aromatic rings. The summed E-state index contributed by atoms with van der Waals surface area (Å²) in [6.45, 7) is 0. The van der Waals surface area contributed by atoms with E-state index in [9.17, 15) is 9.59 Å². The van der Waals surface area contributed by atoms with Crippen LogP contribution in [0, 0.1) is 0 Å². The van der Waals surface area contributed by atoms with Crippen molar-refractivity contribution in [2.45, 2.75) is 37.9 Å². The van der Waals surface area contributed by atoms with Crippen molar-refractivity contribution >= 4 is 11.9 Å². The highest BCUT2D eigenvalue weighted by Gasteiger charge is 2.39. The van der Waals surface area contributed by atoms with Crippen LogP contribution in [0.5, 0.6) is 0 Å². The molecule has 2 rings (SSSR count). The van der Waals surface area contributed by atoms with Crippen LogP contribution in [-0.4, -0.2) is 24.1 Å². The number of fused-ring (bicyclic) bond motifs is 1. The van der Waals surface area contributed by atoms with Crippen molar-refractivity contribution in [2.24, 2.45) is 0 Å². The molecule has 1 aliphatic heterocycles. The summed E-state index contributed by atoms with van der Waals surface area (Å²) < 4.78 is 5.28. The Labute approximate surface area is 77.1 Å². The zero-order chi connectivity index (χ0) is 9.52. The fraction of sp³-hybridized carbons (Fsp3) is 0.600. The van der Waals surface area contributed by atoms with Crippen LogP contribution in [0.1, 0.15) is 25.7 Å². The van der Waals surface area contributed by atoms with Gasteiger partial charge >= 0.3 is 0 Å². The standard InChI is InChI=1S/C6H10O.C4H2O2/c1-2-4-6-5(3-1)7-6;5-3-1-2-4-6/h5-6H,1-4H2;1-2H. The van der Waals surface area contributed by atoms with Gasteiger partial charge in [-0.3, -0.25) is 0 Å².